The van der Waals surface area contributed by atoms with E-state index in [0.29, 0.717) is 18.7 Å². The summed E-state index contributed by atoms with van der Waals surface area (Å²) >= 11 is 1.63. The topological polar surface area (TPSA) is 60.3 Å². The van der Waals surface area contributed by atoms with E-state index in [9.17, 15) is 9.59 Å². The molecule has 0 unspecified atom stereocenters. The lowest BCUT2D eigenvalue weighted by Crippen LogP contribution is -2.18. The molecular formula is C22H22N2O3S. The molecule has 3 aromatic rings. The zero-order valence-electron chi connectivity index (χ0n) is 15.6. The number of nitrogens with zero attached hydrogens (tertiary/aromatic N) is 1. The molecule has 0 aliphatic heterocycles. The van der Waals surface area contributed by atoms with E-state index in [-0.39, 0.29) is 11.5 Å². The predicted molar refractivity (Wildman–Crippen MR) is 113 cm³/mol. The molecule has 0 radical (unpaired) electrons. The lowest BCUT2D eigenvalue weighted by atomic mass is 10.2. The lowest BCUT2D eigenvalue weighted by Gasteiger charge is -2.08. The average molecular weight is 394 g/mol. The van der Waals surface area contributed by atoms with Crippen molar-refractivity contribution in [2.24, 2.45) is 0 Å². The number of carbonyl (C=O) groups excluding carboxylic acids is 1. The summed E-state index contributed by atoms with van der Waals surface area (Å²) < 4.78 is 6.78. The van der Waals surface area contributed by atoms with Crippen LogP contribution in [0.4, 0.5) is 5.69 Å². The summed E-state index contributed by atoms with van der Waals surface area (Å²) in [5, 5.41) is 2.91. The zero-order chi connectivity index (χ0) is 19.8. The number of anilines is 1. The van der Waals surface area contributed by atoms with Crippen LogP contribution in [0.5, 0.6) is 5.75 Å². The Bertz CT molecular complexity index is 966. The van der Waals surface area contributed by atoms with Crippen LogP contribution in [-0.4, -0.2) is 23.3 Å². The number of nitrogens with one attached hydrogen (secondary N) is 1. The van der Waals surface area contributed by atoms with Gasteiger partial charge in [-0.2, -0.15) is 0 Å². The fourth-order valence-electron chi connectivity index (χ4n) is 2.64. The maximum Gasteiger partial charge on any atom is 0.250 e. The SMILES string of the molecule is COc1ccc(SCCC(=O)Nc2ccc(Cn3ccccc3=O)cc2)cc1. The van der Waals surface area contributed by atoms with Gasteiger partial charge >= 0.3 is 0 Å². The minimum Gasteiger partial charge on any atom is -0.497 e. The van der Waals surface area contributed by atoms with Gasteiger partial charge in [-0.25, -0.2) is 0 Å². The van der Waals surface area contributed by atoms with E-state index in [0.717, 1.165) is 21.9 Å². The van der Waals surface area contributed by atoms with Crippen molar-refractivity contribution in [1.82, 2.24) is 4.57 Å². The van der Waals surface area contributed by atoms with Gasteiger partial charge in [0.1, 0.15) is 5.75 Å². The van der Waals surface area contributed by atoms with Gasteiger partial charge < -0.3 is 14.6 Å². The first-order valence-corrected chi connectivity index (χ1v) is 9.94. The molecule has 0 fully saturated rings. The predicted octanol–water partition coefficient (Wildman–Crippen LogP) is 4.03. The summed E-state index contributed by atoms with van der Waals surface area (Å²) in [4.78, 5) is 25.0. The average Bonchev–Trinajstić information content (AvgIpc) is 2.72. The fourth-order valence-corrected chi connectivity index (χ4v) is 3.49. The van der Waals surface area contributed by atoms with Crippen LogP contribution in [0.2, 0.25) is 0 Å². The first kappa shape index (κ1) is 19.8. The number of hydrogen-bond donors (Lipinski definition) is 1. The highest BCUT2D eigenvalue weighted by Crippen LogP contribution is 2.22. The van der Waals surface area contributed by atoms with Gasteiger partial charge in [0, 0.05) is 35.0 Å². The van der Waals surface area contributed by atoms with Crippen molar-refractivity contribution in [1.29, 1.82) is 0 Å². The summed E-state index contributed by atoms with van der Waals surface area (Å²) in [6, 6.07) is 20.4. The second-order valence-electron chi connectivity index (χ2n) is 6.19. The number of rotatable bonds is 8. The summed E-state index contributed by atoms with van der Waals surface area (Å²) in [5.74, 6) is 1.50. The Labute approximate surface area is 168 Å². The number of hydrogen-bond acceptors (Lipinski definition) is 4. The van der Waals surface area contributed by atoms with E-state index >= 15 is 0 Å². The largest absolute Gasteiger partial charge is 0.497 e. The molecule has 5 nitrogen and oxygen atoms in total. The summed E-state index contributed by atoms with van der Waals surface area (Å²) in [6.45, 7) is 0.506. The van der Waals surface area contributed by atoms with Gasteiger partial charge in [0.25, 0.3) is 5.56 Å². The molecule has 1 N–H and O–H groups in total. The summed E-state index contributed by atoms with van der Waals surface area (Å²) in [5.41, 5.74) is 1.72. The van der Waals surface area contributed by atoms with E-state index in [1.54, 1.807) is 41.8 Å². The molecule has 0 atom stereocenters. The lowest BCUT2D eigenvalue weighted by molar-refractivity contribution is -0.115. The van der Waals surface area contributed by atoms with Crippen molar-refractivity contribution < 1.29 is 9.53 Å². The van der Waals surface area contributed by atoms with Crippen LogP contribution in [0.3, 0.4) is 0 Å². The van der Waals surface area contributed by atoms with Crippen LogP contribution in [0.1, 0.15) is 12.0 Å². The van der Waals surface area contributed by atoms with Crippen molar-refractivity contribution in [3.63, 3.8) is 0 Å². The van der Waals surface area contributed by atoms with Crippen LogP contribution in [0.25, 0.3) is 0 Å². The summed E-state index contributed by atoms with van der Waals surface area (Å²) in [6.07, 6.45) is 2.19. The number of amides is 1. The highest BCUT2D eigenvalue weighted by molar-refractivity contribution is 7.99. The van der Waals surface area contributed by atoms with E-state index in [4.69, 9.17) is 4.74 Å². The monoisotopic (exact) mass is 394 g/mol. The molecule has 0 aliphatic carbocycles. The number of pyridine rings is 1. The van der Waals surface area contributed by atoms with Crippen molar-refractivity contribution in [2.75, 3.05) is 18.2 Å². The smallest absolute Gasteiger partial charge is 0.250 e. The molecule has 3 rings (SSSR count). The van der Waals surface area contributed by atoms with Crippen LogP contribution in [0, 0.1) is 0 Å². The van der Waals surface area contributed by atoms with Crippen LogP contribution in [0.15, 0.2) is 82.6 Å². The maximum atomic E-state index is 12.1. The zero-order valence-corrected chi connectivity index (χ0v) is 16.4. The van der Waals surface area contributed by atoms with Gasteiger partial charge in [-0.1, -0.05) is 18.2 Å². The molecule has 0 saturated carbocycles. The Morgan fingerprint density at radius 2 is 1.79 bits per heavy atom. The van der Waals surface area contributed by atoms with Gasteiger partial charge in [0.15, 0.2) is 0 Å². The van der Waals surface area contributed by atoms with Crippen LogP contribution in [-0.2, 0) is 11.3 Å². The number of carbonyl (C=O) groups is 1. The Kier molecular flexibility index (Phi) is 6.92. The molecule has 2 aromatic carbocycles. The third-order valence-electron chi connectivity index (χ3n) is 4.15. The van der Waals surface area contributed by atoms with Crippen molar-refractivity contribution in [3.8, 4) is 5.75 Å². The van der Waals surface area contributed by atoms with Gasteiger partial charge in [-0.3, -0.25) is 9.59 Å². The van der Waals surface area contributed by atoms with E-state index in [1.807, 2.05) is 54.6 Å². The highest BCUT2D eigenvalue weighted by atomic mass is 32.2. The Morgan fingerprint density at radius 3 is 2.46 bits per heavy atom. The molecule has 144 valence electrons. The fraction of sp³-hybridized carbons (Fsp3) is 0.182. The molecule has 0 aliphatic rings. The molecule has 6 heteroatoms. The number of methoxy groups -OCH3 is 1. The second-order valence-corrected chi connectivity index (χ2v) is 7.35. The van der Waals surface area contributed by atoms with Gasteiger partial charge in [0.05, 0.1) is 13.7 Å². The van der Waals surface area contributed by atoms with Crippen LogP contribution >= 0.6 is 11.8 Å². The normalized spacial score (nSPS) is 10.5. The van der Waals surface area contributed by atoms with Crippen LogP contribution < -0.4 is 15.6 Å². The molecular weight excluding hydrogens is 372 g/mol. The van der Waals surface area contributed by atoms with Gasteiger partial charge in [-0.05, 0) is 48.0 Å². The van der Waals surface area contributed by atoms with Gasteiger partial charge in [0.2, 0.25) is 5.91 Å². The van der Waals surface area contributed by atoms with E-state index < -0.39 is 0 Å². The molecule has 1 amide bonds. The highest BCUT2D eigenvalue weighted by Gasteiger charge is 2.04. The number of thioether (sulfide) groups is 1. The molecule has 1 aromatic heterocycles. The third-order valence-corrected chi connectivity index (χ3v) is 5.16. The number of aromatic nitrogens is 1. The Balaban J connectivity index is 1.46. The standard InChI is InChI=1S/C22H22N2O3S/c1-27-19-9-11-20(12-10-19)28-15-13-21(25)23-18-7-5-17(6-8-18)16-24-14-3-2-4-22(24)26/h2-12,14H,13,15-16H2,1H3,(H,23,25). The second kappa shape index (κ2) is 9.80. The third kappa shape index (κ3) is 5.76. The minimum absolute atomic E-state index is 0.0203. The van der Waals surface area contributed by atoms with Crippen molar-refractivity contribution >= 4 is 23.4 Å². The molecule has 0 spiro atoms. The number of ether oxygens (including phenoxy) is 1. The Hall–Kier alpha value is -2.99. The summed E-state index contributed by atoms with van der Waals surface area (Å²) in [7, 11) is 1.64. The van der Waals surface area contributed by atoms with Gasteiger partial charge in [-0.15, -0.1) is 11.8 Å². The quantitative estimate of drug-likeness (QED) is 0.586. The first-order chi connectivity index (χ1) is 13.6. The minimum atomic E-state index is -0.0331. The van der Waals surface area contributed by atoms with E-state index in [1.165, 1.54) is 0 Å². The molecule has 0 bridgehead atoms. The molecule has 28 heavy (non-hydrogen) atoms. The molecule has 0 saturated heterocycles. The Morgan fingerprint density at radius 1 is 1.04 bits per heavy atom. The molecule has 1 heterocycles. The van der Waals surface area contributed by atoms with Crippen molar-refractivity contribution in [3.05, 3.63) is 88.8 Å². The van der Waals surface area contributed by atoms with Crippen molar-refractivity contribution in [2.45, 2.75) is 17.9 Å². The first-order valence-electron chi connectivity index (χ1n) is 8.95. The van der Waals surface area contributed by atoms with E-state index in [2.05, 4.69) is 5.32 Å². The maximum absolute atomic E-state index is 12.1. The number of benzene rings is 2.